The summed E-state index contributed by atoms with van der Waals surface area (Å²) in [7, 11) is 3.62. The van der Waals surface area contributed by atoms with Gasteiger partial charge in [0.15, 0.2) is 0 Å². The van der Waals surface area contributed by atoms with E-state index in [9.17, 15) is 0 Å². The van der Waals surface area contributed by atoms with Gasteiger partial charge in [-0.25, -0.2) is 0 Å². The molecule has 0 amide bonds. The number of nitrogens with two attached hydrogens (primary N) is 1. The predicted molar refractivity (Wildman–Crippen MR) is 80.7 cm³/mol. The minimum absolute atomic E-state index is 0.570. The maximum Gasteiger partial charge on any atom is 0.119 e. The molecule has 0 spiro atoms. The Labute approximate surface area is 119 Å². The van der Waals surface area contributed by atoms with Gasteiger partial charge in [0.2, 0.25) is 0 Å². The van der Waals surface area contributed by atoms with Crippen molar-refractivity contribution in [3.8, 4) is 11.8 Å². The third-order valence-corrected chi connectivity index (χ3v) is 3.12. The summed E-state index contributed by atoms with van der Waals surface area (Å²) < 4.78 is 5.22. The molecule has 0 aliphatic carbocycles. The zero-order chi connectivity index (χ0) is 14.5. The van der Waals surface area contributed by atoms with Crippen molar-refractivity contribution < 1.29 is 4.74 Å². The first-order valence-corrected chi connectivity index (χ1v) is 6.27. The molecule has 0 aliphatic rings. The summed E-state index contributed by atoms with van der Waals surface area (Å²) in [5.74, 6) is 0.837. The van der Waals surface area contributed by atoms with E-state index in [4.69, 9.17) is 15.7 Å². The fourth-order valence-electron chi connectivity index (χ4n) is 2.10. The molecule has 2 aromatic rings. The predicted octanol–water partition coefficient (Wildman–Crippen LogP) is 2.79. The summed E-state index contributed by atoms with van der Waals surface area (Å²) in [5, 5.41) is 8.85. The zero-order valence-electron chi connectivity index (χ0n) is 11.6. The van der Waals surface area contributed by atoms with E-state index < -0.39 is 0 Å². The Hall–Kier alpha value is -2.67. The van der Waals surface area contributed by atoms with Crippen LogP contribution in [-0.2, 0) is 6.54 Å². The second-order valence-corrected chi connectivity index (χ2v) is 4.59. The van der Waals surface area contributed by atoms with E-state index in [1.165, 1.54) is 0 Å². The van der Waals surface area contributed by atoms with Gasteiger partial charge in [-0.1, -0.05) is 12.1 Å². The summed E-state index contributed by atoms with van der Waals surface area (Å²) in [6, 6.07) is 15.3. The lowest BCUT2D eigenvalue weighted by atomic mass is 10.1. The van der Waals surface area contributed by atoms with Crippen molar-refractivity contribution in [3.05, 3.63) is 53.6 Å². The van der Waals surface area contributed by atoms with E-state index >= 15 is 0 Å². The fourth-order valence-corrected chi connectivity index (χ4v) is 2.10. The highest BCUT2D eigenvalue weighted by Crippen LogP contribution is 2.25. The molecule has 0 saturated heterocycles. The maximum atomic E-state index is 8.85. The third-order valence-electron chi connectivity index (χ3n) is 3.12. The summed E-state index contributed by atoms with van der Waals surface area (Å²) in [5.41, 5.74) is 9.21. The van der Waals surface area contributed by atoms with Gasteiger partial charge in [-0.3, -0.25) is 0 Å². The molecule has 2 rings (SSSR count). The van der Waals surface area contributed by atoms with E-state index in [2.05, 4.69) is 6.07 Å². The van der Waals surface area contributed by atoms with Crippen molar-refractivity contribution in [2.45, 2.75) is 6.54 Å². The Balaban J connectivity index is 2.19. The van der Waals surface area contributed by atoms with E-state index in [-0.39, 0.29) is 0 Å². The standard InChI is InChI=1S/C16H17N3O/c1-19(11-13-4-3-5-14(8-13)20-2)16-7-6-12(10-17)9-15(16)18/h3-9H,11,18H2,1-2H3. The van der Waals surface area contributed by atoms with Crippen molar-refractivity contribution in [2.24, 2.45) is 0 Å². The highest BCUT2D eigenvalue weighted by Gasteiger charge is 2.07. The quantitative estimate of drug-likeness (QED) is 0.865. The van der Waals surface area contributed by atoms with Crippen molar-refractivity contribution >= 4 is 11.4 Å². The van der Waals surface area contributed by atoms with Gasteiger partial charge in [-0.05, 0) is 35.9 Å². The zero-order valence-corrected chi connectivity index (χ0v) is 11.6. The average Bonchev–Trinajstić information content (AvgIpc) is 2.47. The number of rotatable bonds is 4. The molecule has 0 unspecified atom stereocenters. The average molecular weight is 267 g/mol. The first-order chi connectivity index (χ1) is 9.63. The SMILES string of the molecule is COc1cccc(CN(C)c2ccc(C#N)cc2N)c1. The molecule has 0 radical (unpaired) electrons. The smallest absolute Gasteiger partial charge is 0.119 e. The van der Waals surface area contributed by atoms with Crippen molar-refractivity contribution in [2.75, 3.05) is 24.8 Å². The number of benzene rings is 2. The lowest BCUT2D eigenvalue weighted by molar-refractivity contribution is 0.414. The van der Waals surface area contributed by atoms with Crippen molar-refractivity contribution in [1.82, 2.24) is 0 Å². The van der Waals surface area contributed by atoms with Gasteiger partial charge < -0.3 is 15.4 Å². The number of anilines is 2. The Kier molecular flexibility index (Phi) is 4.11. The van der Waals surface area contributed by atoms with Crippen LogP contribution in [0.25, 0.3) is 0 Å². The van der Waals surface area contributed by atoms with E-state index in [1.54, 1.807) is 19.2 Å². The summed E-state index contributed by atoms with van der Waals surface area (Å²) >= 11 is 0. The molecular formula is C16H17N3O. The first kappa shape index (κ1) is 13.8. The summed E-state index contributed by atoms with van der Waals surface area (Å²) in [6.45, 7) is 0.716. The van der Waals surface area contributed by atoms with Gasteiger partial charge >= 0.3 is 0 Å². The van der Waals surface area contributed by atoms with Crippen LogP contribution in [0.1, 0.15) is 11.1 Å². The van der Waals surface area contributed by atoms with Crippen LogP contribution in [0.15, 0.2) is 42.5 Å². The van der Waals surface area contributed by atoms with Gasteiger partial charge in [0.05, 0.1) is 30.1 Å². The molecule has 4 nitrogen and oxygen atoms in total. The van der Waals surface area contributed by atoms with Crippen LogP contribution in [0, 0.1) is 11.3 Å². The number of hydrogen-bond acceptors (Lipinski definition) is 4. The Morgan fingerprint density at radius 1 is 1.25 bits per heavy atom. The number of ether oxygens (including phenoxy) is 1. The highest BCUT2D eigenvalue weighted by atomic mass is 16.5. The molecule has 4 heteroatoms. The Morgan fingerprint density at radius 3 is 2.70 bits per heavy atom. The molecule has 0 saturated carbocycles. The van der Waals surface area contributed by atoms with Crippen LogP contribution in [-0.4, -0.2) is 14.2 Å². The summed E-state index contributed by atoms with van der Waals surface area (Å²) in [4.78, 5) is 2.05. The fraction of sp³-hybridized carbons (Fsp3) is 0.188. The molecule has 0 bridgehead atoms. The number of nitrogens with zero attached hydrogens (tertiary/aromatic N) is 2. The minimum atomic E-state index is 0.570. The van der Waals surface area contributed by atoms with Crippen LogP contribution in [0.5, 0.6) is 5.75 Å². The van der Waals surface area contributed by atoms with Crippen molar-refractivity contribution in [1.29, 1.82) is 5.26 Å². The molecule has 0 aromatic heterocycles. The normalized spacial score (nSPS) is 9.85. The second kappa shape index (κ2) is 5.98. The number of nitriles is 1. The topological polar surface area (TPSA) is 62.3 Å². The molecular weight excluding hydrogens is 250 g/mol. The Morgan fingerprint density at radius 2 is 2.05 bits per heavy atom. The number of nitrogen functional groups attached to an aromatic ring is 1. The molecule has 0 heterocycles. The molecule has 2 aromatic carbocycles. The van der Waals surface area contributed by atoms with Crippen LogP contribution < -0.4 is 15.4 Å². The first-order valence-electron chi connectivity index (χ1n) is 6.27. The van der Waals surface area contributed by atoms with Gasteiger partial charge in [-0.15, -0.1) is 0 Å². The van der Waals surface area contributed by atoms with E-state index in [0.717, 1.165) is 17.0 Å². The van der Waals surface area contributed by atoms with Gasteiger partial charge in [-0.2, -0.15) is 5.26 Å². The molecule has 0 atom stereocenters. The van der Waals surface area contributed by atoms with Gasteiger partial charge in [0, 0.05) is 13.6 Å². The third kappa shape index (κ3) is 3.01. The van der Waals surface area contributed by atoms with Crippen LogP contribution in [0.2, 0.25) is 0 Å². The molecule has 0 aliphatic heterocycles. The van der Waals surface area contributed by atoms with Crippen LogP contribution >= 0.6 is 0 Å². The second-order valence-electron chi connectivity index (χ2n) is 4.59. The molecule has 0 fully saturated rings. The molecule has 102 valence electrons. The van der Waals surface area contributed by atoms with E-state index in [1.807, 2.05) is 42.3 Å². The van der Waals surface area contributed by atoms with Gasteiger partial charge in [0.1, 0.15) is 5.75 Å². The molecule has 2 N–H and O–H groups in total. The largest absolute Gasteiger partial charge is 0.497 e. The number of hydrogen-bond donors (Lipinski definition) is 1. The minimum Gasteiger partial charge on any atom is -0.497 e. The monoisotopic (exact) mass is 267 g/mol. The van der Waals surface area contributed by atoms with Crippen LogP contribution in [0.3, 0.4) is 0 Å². The lowest BCUT2D eigenvalue weighted by Crippen LogP contribution is -2.17. The highest BCUT2D eigenvalue weighted by molar-refractivity contribution is 5.69. The van der Waals surface area contributed by atoms with E-state index in [0.29, 0.717) is 17.8 Å². The number of methoxy groups -OCH3 is 1. The molecule has 20 heavy (non-hydrogen) atoms. The Bertz CT molecular complexity index is 646. The van der Waals surface area contributed by atoms with Gasteiger partial charge in [0.25, 0.3) is 0 Å². The maximum absolute atomic E-state index is 8.85. The van der Waals surface area contributed by atoms with Crippen LogP contribution in [0.4, 0.5) is 11.4 Å². The lowest BCUT2D eigenvalue weighted by Gasteiger charge is -2.21. The van der Waals surface area contributed by atoms with Crippen molar-refractivity contribution in [3.63, 3.8) is 0 Å². The summed E-state index contributed by atoms with van der Waals surface area (Å²) in [6.07, 6.45) is 0.